The third kappa shape index (κ3) is 4.93. The van der Waals surface area contributed by atoms with E-state index in [2.05, 4.69) is 10.2 Å². The second-order valence-electron chi connectivity index (χ2n) is 5.10. The first-order chi connectivity index (χ1) is 9.25. The van der Waals surface area contributed by atoms with Gasteiger partial charge in [0.15, 0.2) is 0 Å². The van der Waals surface area contributed by atoms with E-state index in [1.54, 1.807) is 11.3 Å². The second kappa shape index (κ2) is 7.62. The van der Waals surface area contributed by atoms with Gasteiger partial charge in [-0.05, 0) is 32.0 Å². The molecule has 2 rings (SSSR count). The van der Waals surface area contributed by atoms with Crippen molar-refractivity contribution >= 4 is 17.2 Å². The third-order valence-corrected chi connectivity index (χ3v) is 4.48. The summed E-state index contributed by atoms with van der Waals surface area (Å²) >= 11 is 1.59. The molecule has 19 heavy (non-hydrogen) atoms. The Labute approximate surface area is 119 Å². The van der Waals surface area contributed by atoms with Crippen LogP contribution in [0.15, 0.2) is 11.4 Å². The normalized spacial score (nSPS) is 17.3. The number of rotatable bonds is 6. The van der Waals surface area contributed by atoms with E-state index in [0.717, 1.165) is 19.6 Å². The highest BCUT2D eigenvalue weighted by Crippen LogP contribution is 2.14. The molecular weight excluding hydrogens is 258 g/mol. The molecule has 1 aromatic heterocycles. The summed E-state index contributed by atoms with van der Waals surface area (Å²) in [5, 5.41) is 5.27. The molecular formula is C14H23N3OS. The molecule has 1 fully saturated rings. The van der Waals surface area contributed by atoms with Crippen LogP contribution >= 0.6 is 11.3 Å². The fourth-order valence-electron chi connectivity index (χ4n) is 2.41. The van der Waals surface area contributed by atoms with Crippen molar-refractivity contribution < 1.29 is 4.79 Å². The van der Waals surface area contributed by atoms with E-state index in [1.807, 2.05) is 11.4 Å². The van der Waals surface area contributed by atoms with Crippen molar-refractivity contribution in [2.45, 2.75) is 32.2 Å². The molecule has 1 saturated heterocycles. The molecule has 3 N–H and O–H groups in total. The fourth-order valence-corrected chi connectivity index (χ4v) is 3.25. The van der Waals surface area contributed by atoms with Crippen LogP contribution in [0.5, 0.6) is 0 Å². The molecule has 1 amide bonds. The number of hydrogen-bond donors (Lipinski definition) is 2. The van der Waals surface area contributed by atoms with Gasteiger partial charge >= 0.3 is 0 Å². The van der Waals surface area contributed by atoms with E-state index < -0.39 is 0 Å². The SMILES string of the molecule is NC(=O)c1csc(CNCCN2CCCCCC2)c1. The molecule has 0 unspecified atom stereocenters. The van der Waals surface area contributed by atoms with Gasteiger partial charge in [-0.15, -0.1) is 11.3 Å². The van der Waals surface area contributed by atoms with Gasteiger partial charge in [-0.2, -0.15) is 0 Å². The van der Waals surface area contributed by atoms with Gasteiger partial charge in [0.2, 0.25) is 5.91 Å². The monoisotopic (exact) mass is 281 g/mol. The number of likely N-dealkylation sites (tertiary alicyclic amines) is 1. The second-order valence-corrected chi connectivity index (χ2v) is 6.09. The zero-order chi connectivity index (χ0) is 13.5. The summed E-state index contributed by atoms with van der Waals surface area (Å²) in [7, 11) is 0. The topological polar surface area (TPSA) is 58.4 Å². The van der Waals surface area contributed by atoms with E-state index in [1.165, 1.54) is 43.6 Å². The van der Waals surface area contributed by atoms with Gasteiger partial charge in [0.05, 0.1) is 5.56 Å². The maximum Gasteiger partial charge on any atom is 0.249 e. The lowest BCUT2D eigenvalue weighted by atomic mass is 10.2. The standard InChI is InChI=1S/C14H23N3OS/c15-14(18)12-9-13(19-11-12)10-16-5-8-17-6-3-1-2-4-7-17/h9,11,16H,1-8,10H2,(H2,15,18). The molecule has 0 aliphatic carbocycles. The highest BCUT2D eigenvalue weighted by molar-refractivity contribution is 7.10. The van der Waals surface area contributed by atoms with Crippen molar-refractivity contribution in [2.75, 3.05) is 26.2 Å². The average Bonchev–Trinajstić information content (AvgIpc) is 2.72. The van der Waals surface area contributed by atoms with Gasteiger partial charge < -0.3 is 16.0 Å². The molecule has 5 heteroatoms. The first-order valence-electron chi connectivity index (χ1n) is 7.06. The van der Waals surface area contributed by atoms with Gasteiger partial charge in [0.1, 0.15) is 0 Å². The van der Waals surface area contributed by atoms with Gasteiger partial charge in [-0.25, -0.2) is 0 Å². The predicted molar refractivity (Wildman–Crippen MR) is 79.5 cm³/mol. The first kappa shape index (κ1) is 14.5. The van der Waals surface area contributed by atoms with Crippen LogP contribution in [0, 0.1) is 0 Å². The van der Waals surface area contributed by atoms with Crippen molar-refractivity contribution in [1.29, 1.82) is 0 Å². The minimum absolute atomic E-state index is 0.341. The summed E-state index contributed by atoms with van der Waals surface area (Å²) in [6.45, 7) is 5.43. The summed E-state index contributed by atoms with van der Waals surface area (Å²) in [6, 6.07) is 1.88. The lowest BCUT2D eigenvalue weighted by Gasteiger charge is -2.19. The molecule has 1 aliphatic rings. The van der Waals surface area contributed by atoms with Crippen LogP contribution in [0.2, 0.25) is 0 Å². The number of primary amides is 1. The smallest absolute Gasteiger partial charge is 0.249 e. The Morgan fingerprint density at radius 1 is 1.32 bits per heavy atom. The molecule has 0 aromatic carbocycles. The van der Waals surface area contributed by atoms with Crippen molar-refractivity contribution in [1.82, 2.24) is 10.2 Å². The maximum atomic E-state index is 11.0. The van der Waals surface area contributed by atoms with Gasteiger partial charge in [-0.3, -0.25) is 4.79 Å². The van der Waals surface area contributed by atoms with E-state index >= 15 is 0 Å². The van der Waals surface area contributed by atoms with Gasteiger partial charge in [0, 0.05) is 29.9 Å². The molecule has 2 heterocycles. The number of carbonyl (C=O) groups excluding carboxylic acids is 1. The van der Waals surface area contributed by atoms with Crippen LogP contribution in [0.1, 0.15) is 40.9 Å². The van der Waals surface area contributed by atoms with E-state index in [4.69, 9.17) is 5.73 Å². The number of nitrogens with two attached hydrogens (primary N) is 1. The Bertz CT molecular complexity index is 397. The molecule has 0 atom stereocenters. The third-order valence-electron chi connectivity index (χ3n) is 3.54. The Hall–Kier alpha value is -0.910. The lowest BCUT2D eigenvalue weighted by molar-refractivity contribution is 0.100. The highest BCUT2D eigenvalue weighted by atomic mass is 32.1. The van der Waals surface area contributed by atoms with Crippen LogP contribution < -0.4 is 11.1 Å². The summed E-state index contributed by atoms with van der Waals surface area (Å²) in [4.78, 5) is 14.7. The van der Waals surface area contributed by atoms with Crippen LogP contribution in [0.3, 0.4) is 0 Å². The quantitative estimate of drug-likeness (QED) is 0.782. The van der Waals surface area contributed by atoms with Crippen LogP contribution in [-0.2, 0) is 6.54 Å². The Morgan fingerprint density at radius 3 is 2.68 bits per heavy atom. The van der Waals surface area contributed by atoms with Gasteiger partial charge in [-0.1, -0.05) is 12.8 Å². The Balaban J connectivity index is 1.64. The summed E-state index contributed by atoms with van der Waals surface area (Å²) in [5.74, 6) is -0.341. The Morgan fingerprint density at radius 2 is 2.05 bits per heavy atom. The van der Waals surface area contributed by atoms with Crippen LogP contribution in [0.4, 0.5) is 0 Å². The number of nitrogens with zero attached hydrogens (tertiary/aromatic N) is 1. The molecule has 1 aromatic rings. The average molecular weight is 281 g/mol. The largest absolute Gasteiger partial charge is 0.366 e. The van der Waals surface area contributed by atoms with Crippen molar-refractivity contribution in [3.05, 3.63) is 21.9 Å². The van der Waals surface area contributed by atoms with E-state index in [9.17, 15) is 4.79 Å². The van der Waals surface area contributed by atoms with Crippen molar-refractivity contribution in [3.63, 3.8) is 0 Å². The molecule has 0 bridgehead atoms. The number of amides is 1. The minimum atomic E-state index is -0.341. The number of thiophene rings is 1. The number of nitrogens with one attached hydrogen (secondary N) is 1. The van der Waals surface area contributed by atoms with Gasteiger partial charge in [0.25, 0.3) is 0 Å². The summed E-state index contributed by atoms with van der Waals surface area (Å²) < 4.78 is 0. The molecule has 4 nitrogen and oxygen atoms in total. The molecule has 0 spiro atoms. The lowest BCUT2D eigenvalue weighted by Crippen LogP contribution is -2.32. The predicted octanol–water partition coefficient (Wildman–Crippen LogP) is 1.81. The molecule has 0 saturated carbocycles. The van der Waals surface area contributed by atoms with Crippen molar-refractivity contribution in [3.8, 4) is 0 Å². The Kier molecular flexibility index (Phi) is 5.82. The zero-order valence-corrected chi connectivity index (χ0v) is 12.2. The highest BCUT2D eigenvalue weighted by Gasteiger charge is 2.08. The number of hydrogen-bond acceptors (Lipinski definition) is 4. The van der Waals surface area contributed by atoms with E-state index in [-0.39, 0.29) is 5.91 Å². The van der Waals surface area contributed by atoms with Crippen molar-refractivity contribution in [2.24, 2.45) is 5.73 Å². The minimum Gasteiger partial charge on any atom is -0.366 e. The van der Waals surface area contributed by atoms with E-state index in [0.29, 0.717) is 5.56 Å². The summed E-state index contributed by atoms with van der Waals surface area (Å²) in [6.07, 6.45) is 5.45. The molecule has 1 aliphatic heterocycles. The number of carbonyl (C=O) groups is 1. The zero-order valence-electron chi connectivity index (χ0n) is 11.4. The van der Waals surface area contributed by atoms with Crippen LogP contribution in [0.25, 0.3) is 0 Å². The first-order valence-corrected chi connectivity index (χ1v) is 7.94. The van der Waals surface area contributed by atoms with Crippen LogP contribution in [-0.4, -0.2) is 37.0 Å². The summed E-state index contributed by atoms with van der Waals surface area (Å²) in [5.41, 5.74) is 5.85. The molecule has 106 valence electrons. The fraction of sp³-hybridized carbons (Fsp3) is 0.643. The molecule has 0 radical (unpaired) electrons. The maximum absolute atomic E-state index is 11.0.